The number of amides is 1. The van der Waals surface area contributed by atoms with Gasteiger partial charge in [-0.15, -0.1) is 6.42 Å². The van der Waals surface area contributed by atoms with E-state index in [0.717, 1.165) is 42.6 Å². The summed E-state index contributed by atoms with van der Waals surface area (Å²) < 4.78 is 11.6. The Hall–Kier alpha value is -3.67. The van der Waals surface area contributed by atoms with Crippen molar-refractivity contribution in [1.82, 2.24) is 20.2 Å². The minimum Gasteiger partial charge on any atom is -0.488 e. The second-order valence-corrected chi connectivity index (χ2v) is 8.42. The standard InChI is InChI=1S/C26H27N5O3/c1-2-18-15-20-17-28-26(30-24(20)23(16-18)34-22-7-9-27-10-8-22)29-21-5-3-19(4-6-21)25(32)31-11-13-33-14-12-31/h1,3-6,15-17,22,27H,7-14H2,(H,28,29,30). The maximum Gasteiger partial charge on any atom is 0.254 e. The van der Waals surface area contributed by atoms with E-state index in [9.17, 15) is 4.79 Å². The van der Waals surface area contributed by atoms with Crippen LogP contribution in [0.15, 0.2) is 42.6 Å². The highest BCUT2D eigenvalue weighted by Gasteiger charge is 2.19. The molecule has 3 aromatic rings. The fraction of sp³-hybridized carbons (Fsp3) is 0.346. The Kier molecular flexibility index (Phi) is 6.56. The number of aromatic nitrogens is 2. The second kappa shape index (κ2) is 10.1. The summed E-state index contributed by atoms with van der Waals surface area (Å²) in [5.41, 5.74) is 2.89. The van der Waals surface area contributed by atoms with Gasteiger partial charge in [-0.25, -0.2) is 9.97 Å². The molecular formula is C26H27N5O3. The third-order valence-electron chi connectivity index (χ3n) is 6.08. The number of ether oxygens (including phenoxy) is 2. The molecule has 8 heteroatoms. The topological polar surface area (TPSA) is 88.6 Å². The van der Waals surface area contributed by atoms with Crippen molar-refractivity contribution in [2.75, 3.05) is 44.7 Å². The Morgan fingerprint density at radius 2 is 1.94 bits per heavy atom. The average molecular weight is 458 g/mol. The van der Waals surface area contributed by atoms with E-state index >= 15 is 0 Å². The third-order valence-corrected chi connectivity index (χ3v) is 6.08. The first kappa shape index (κ1) is 22.1. The molecule has 2 aliphatic heterocycles. The number of benzene rings is 2. The van der Waals surface area contributed by atoms with Crippen LogP contribution in [0.3, 0.4) is 0 Å². The van der Waals surface area contributed by atoms with E-state index in [1.54, 1.807) is 6.20 Å². The molecule has 2 aliphatic rings. The van der Waals surface area contributed by atoms with Gasteiger partial charge < -0.3 is 25.0 Å². The summed E-state index contributed by atoms with van der Waals surface area (Å²) >= 11 is 0. The zero-order chi connectivity index (χ0) is 23.3. The van der Waals surface area contributed by atoms with Crippen molar-refractivity contribution >= 4 is 28.4 Å². The lowest BCUT2D eigenvalue weighted by Crippen LogP contribution is -2.40. The monoisotopic (exact) mass is 457 g/mol. The normalized spacial score (nSPS) is 16.7. The molecule has 2 N–H and O–H groups in total. The van der Waals surface area contributed by atoms with Crippen LogP contribution in [0.2, 0.25) is 0 Å². The molecule has 5 rings (SSSR count). The van der Waals surface area contributed by atoms with Crippen LogP contribution in [0.1, 0.15) is 28.8 Å². The van der Waals surface area contributed by atoms with Crippen LogP contribution in [0.4, 0.5) is 11.6 Å². The minimum absolute atomic E-state index is 0.0147. The zero-order valence-electron chi connectivity index (χ0n) is 18.9. The second-order valence-electron chi connectivity index (χ2n) is 8.42. The molecule has 0 saturated carbocycles. The largest absolute Gasteiger partial charge is 0.488 e. The fourth-order valence-electron chi connectivity index (χ4n) is 4.21. The smallest absolute Gasteiger partial charge is 0.254 e. The Bertz CT molecular complexity index is 1210. The number of nitrogens with zero attached hydrogens (tertiary/aromatic N) is 3. The number of terminal acetylenes is 1. The predicted octanol–water partition coefficient (Wildman–Crippen LogP) is 2.96. The Balaban J connectivity index is 1.35. The highest BCUT2D eigenvalue weighted by molar-refractivity contribution is 5.94. The highest BCUT2D eigenvalue weighted by atomic mass is 16.5. The maximum absolute atomic E-state index is 12.7. The summed E-state index contributed by atoms with van der Waals surface area (Å²) in [5.74, 6) is 3.83. The number of hydrogen-bond donors (Lipinski definition) is 2. The van der Waals surface area contributed by atoms with Gasteiger partial charge in [-0.1, -0.05) is 5.92 Å². The van der Waals surface area contributed by atoms with Gasteiger partial charge in [0.15, 0.2) is 0 Å². The number of morpholine rings is 1. The summed E-state index contributed by atoms with van der Waals surface area (Å²) in [4.78, 5) is 23.6. The van der Waals surface area contributed by atoms with Crippen LogP contribution in [0.5, 0.6) is 5.75 Å². The quantitative estimate of drug-likeness (QED) is 0.570. The van der Waals surface area contributed by atoms with Gasteiger partial charge >= 0.3 is 0 Å². The summed E-state index contributed by atoms with van der Waals surface area (Å²) in [5, 5.41) is 7.41. The molecule has 2 aromatic carbocycles. The van der Waals surface area contributed by atoms with Gasteiger partial charge in [0.1, 0.15) is 17.4 Å². The molecule has 1 amide bonds. The van der Waals surface area contributed by atoms with Crippen molar-refractivity contribution in [2.45, 2.75) is 18.9 Å². The first-order chi connectivity index (χ1) is 16.7. The number of nitrogens with one attached hydrogen (secondary N) is 2. The van der Waals surface area contributed by atoms with Gasteiger partial charge in [-0.2, -0.15) is 0 Å². The van der Waals surface area contributed by atoms with Crippen molar-refractivity contribution in [1.29, 1.82) is 0 Å². The number of carbonyl (C=O) groups is 1. The molecule has 3 heterocycles. The number of anilines is 2. The molecule has 34 heavy (non-hydrogen) atoms. The molecular weight excluding hydrogens is 430 g/mol. The van der Waals surface area contributed by atoms with Crippen LogP contribution in [0.25, 0.3) is 10.9 Å². The molecule has 0 atom stereocenters. The number of carbonyl (C=O) groups excluding carboxylic acids is 1. The SMILES string of the molecule is C#Cc1cc(OC2CCNCC2)c2nc(Nc3ccc(C(=O)N4CCOCC4)cc3)ncc2c1. The first-order valence-electron chi connectivity index (χ1n) is 11.6. The summed E-state index contributed by atoms with van der Waals surface area (Å²) in [6, 6.07) is 11.1. The summed E-state index contributed by atoms with van der Waals surface area (Å²) in [6.45, 7) is 4.26. The van der Waals surface area contributed by atoms with Crippen LogP contribution < -0.4 is 15.4 Å². The van der Waals surface area contributed by atoms with Crippen molar-refractivity contribution in [2.24, 2.45) is 0 Å². The zero-order valence-corrected chi connectivity index (χ0v) is 18.9. The lowest BCUT2D eigenvalue weighted by Gasteiger charge is -2.26. The van der Waals surface area contributed by atoms with E-state index in [4.69, 9.17) is 20.9 Å². The highest BCUT2D eigenvalue weighted by Crippen LogP contribution is 2.29. The van der Waals surface area contributed by atoms with E-state index in [2.05, 4.69) is 21.5 Å². The molecule has 8 nitrogen and oxygen atoms in total. The maximum atomic E-state index is 12.7. The molecule has 0 spiro atoms. The van der Waals surface area contributed by atoms with Gasteiger partial charge in [0.2, 0.25) is 5.95 Å². The van der Waals surface area contributed by atoms with Gasteiger partial charge in [0, 0.05) is 41.5 Å². The summed E-state index contributed by atoms with van der Waals surface area (Å²) in [6.07, 6.45) is 9.40. The van der Waals surface area contributed by atoms with Crippen molar-refractivity contribution in [3.05, 3.63) is 53.7 Å². The first-order valence-corrected chi connectivity index (χ1v) is 11.6. The van der Waals surface area contributed by atoms with Crippen molar-refractivity contribution in [3.8, 4) is 18.1 Å². The van der Waals surface area contributed by atoms with Gasteiger partial charge in [0.05, 0.1) is 13.2 Å². The van der Waals surface area contributed by atoms with Crippen LogP contribution in [-0.2, 0) is 4.74 Å². The molecule has 1 aromatic heterocycles. The molecule has 0 aliphatic carbocycles. The lowest BCUT2D eigenvalue weighted by molar-refractivity contribution is 0.0303. The third kappa shape index (κ3) is 4.96. The van der Waals surface area contributed by atoms with Crippen molar-refractivity contribution < 1.29 is 14.3 Å². The van der Waals surface area contributed by atoms with Crippen molar-refractivity contribution in [3.63, 3.8) is 0 Å². The van der Waals surface area contributed by atoms with Crippen LogP contribution in [-0.4, -0.2) is 66.3 Å². The average Bonchev–Trinajstić information content (AvgIpc) is 2.90. The number of rotatable bonds is 5. The number of hydrogen-bond acceptors (Lipinski definition) is 7. The fourth-order valence-corrected chi connectivity index (χ4v) is 4.21. The number of fused-ring (bicyclic) bond motifs is 1. The molecule has 0 radical (unpaired) electrons. The predicted molar refractivity (Wildman–Crippen MR) is 130 cm³/mol. The van der Waals surface area contributed by atoms with Gasteiger partial charge in [0.25, 0.3) is 5.91 Å². The Morgan fingerprint density at radius 3 is 2.68 bits per heavy atom. The van der Waals surface area contributed by atoms with Gasteiger partial charge in [-0.3, -0.25) is 4.79 Å². The van der Waals surface area contributed by atoms with E-state index in [1.807, 2.05) is 41.3 Å². The molecule has 0 unspecified atom stereocenters. The van der Waals surface area contributed by atoms with E-state index in [-0.39, 0.29) is 12.0 Å². The number of piperidine rings is 1. The Labute approximate surface area is 198 Å². The van der Waals surface area contributed by atoms with Crippen LogP contribution >= 0.6 is 0 Å². The summed E-state index contributed by atoms with van der Waals surface area (Å²) in [7, 11) is 0. The minimum atomic E-state index is 0.0147. The Morgan fingerprint density at radius 1 is 1.18 bits per heavy atom. The lowest BCUT2D eigenvalue weighted by atomic mass is 10.1. The molecule has 2 saturated heterocycles. The molecule has 174 valence electrons. The van der Waals surface area contributed by atoms with Gasteiger partial charge in [-0.05, 0) is 62.3 Å². The molecule has 2 fully saturated rings. The molecule has 0 bridgehead atoms. The van der Waals surface area contributed by atoms with E-state index < -0.39 is 0 Å². The van der Waals surface area contributed by atoms with E-state index in [1.165, 1.54) is 0 Å². The van der Waals surface area contributed by atoms with Crippen LogP contribution in [0, 0.1) is 12.3 Å². The van der Waals surface area contributed by atoms with E-state index in [0.29, 0.717) is 49.1 Å².